The van der Waals surface area contributed by atoms with Crippen LogP contribution in [0, 0.1) is 16.7 Å². The Hall–Kier alpha value is -2.26. The molecule has 4 rings (SSSR count). The zero-order valence-electron chi connectivity index (χ0n) is 25.6. The lowest BCUT2D eigenvalue weighted by molar-refractivity contribution is 0.105. The maximum absolute atomic E-state index is 12.1. The summed E-state index contributed by atoms with van der Waals surface area (Å²) < 4.78 is 7.25. The van der Waals surface area contributed by atoms with Crippen LogP contribution in [0.2, 0.25) is 18.1 Å². The van der Waals surface area contributed by atoms with Gasteiger partial charge in [-0.25, -0.2) is 0 Å². The number of nitriles is 1. The van der Waals surface area contributed by atoms with Crippen LogP contribution in [0.1, 0.15) is 131 Å². The lowest BCUT2D eigenvalue weighted by Crippen LogP contribution is -2.44. The molecule has 2 atom stereocenters. The van der Waals surface area contributed by atoms with Gasteiger partial charge in [0.2, 0.25) is 0 Å². The Bertz CT molecular complexity index is 1280. The minimum Gasteiger partial charge on any atom is -0.410 e. The molecule has 5 heteroatoms. The van der Waals surface area contributed by atoms with Gasteiger partial charge in [0.05, 0.1) is 18.6 Å². The molecule has 1 aromatic heterocycles. The third-order valence-electron chi connectivity index (χ3n) is 9.09. The van der Waals surface area contributed by atoms with Crippen LogP contribution in [0.15, 0.2) is 30.3 Å². The second-order valence-electron chi connectivity index (χ2n) is 14.3. The number of aliphatic hydroxyl groups excluding tert-OH is 1. The number of rotatable bonds is 7. The molecule has 1 heterocycles. The van der Waals surface area contributed by atoms with Gasteiger partial charge < -0.3 is 9.53 Å². The third kappa shape index (κ3) is 6.09. The molecular weight excluding hydrogens is 496 g/mol. The monoisotopic (exact) mass is 544 g/mol. The van der Waals surface area contributed by atoms with Gasteiger partial charge in [0.25, 0.3) is 0 Å². The third-order valence-corrected chi connectivity index (χ3v) is 13.6. The zero-order chi connectivity index (χ0) is 28.8. The highest BCUT2D eigenvalue weighted by Gasteiger charge is 2.45. The first-order chi connectivity index (χ1) is 18.1. The fourth-order valence-electron chi connectivity index (χ4n) is 5.96. The maximum Gasteiger partial charge on any atom is 0.192 e. The first-order valence-corrected chi connectivity index (χ1v) is 17.6. The molecule has 0 unspecified atom stereocenters. The normalized spacial score (nSPS) is 19.9. The lowest BCUT2D eigenvalue weighted by atomic mass is 9.71. The standard InChI is InChI=1S/C34H48N2O2Si/c1-22(2)31-30(32(37)25-16-14-23(15-17-25)18-19-35)28(24-12-10-11-13-24)29-26(36-31)20-34(6,7)21-27(29)38-39(8,9)33(3,4)5/h12,14-17,22,27,32,37H,10-11,13,18,20-21H2,1-9H3/t27-,32+/m0/s1. The van der Waals surface area contributed by atoms with E-state index in [-0.39, 0.29) is 22.5 Å². The summed E-state index contributed by atoms with van der Waals surface area (Å²) in [6, 6.07) is 10.1. The highest BCUT2D eigenvalue weighted by Crippen LogP contribution is 2.52. The van der Waals surface area contributed by atoms with Crippen molar-refractivity contribution >= 4 is 13.9 Å². The summed E-state index contributed by atoms with van der Waals surface area (Å²) in [5, 5.41) is 21.3. The smallest absolute Gasteiger partial charge is 0.192 e. The molecule has 39 heavy (non-hydrogen) atoms. The zero-order valence-corrected chi connectivity index (χ0v) is 26.6. The molecule has 0 aliphatic heterocycles. The number of pyridine rings is 1. The van der Waals surface area contributed by atoms with Crippen molar-refractivity contribution in [1.29, 1.82) is 5.26 Å². The van der Waals surface area contributed by atoms with Crippen molar-refractivity contribution in [2.24, 2.45) is 5.41 Å². The second-order valence-corrected chi connectivity index (χ2v) is 19.1. The number of benzene rings is 1. The number of hydrogen-bond acceptors (Lipinski definition) is 4. The van der Waals surface area contributed by atoms with Gasteiger partial charge in [-0.3, -0.25) is 4.98 Å². The number of hydrogen-bond donors (Lipinski definition) is 1. The Morgan fingerprint density at radius 1 is 1.18 bits per heavy atom. The van der Waals surface area contributed by atoms with Gasteiger partial charge in [0.15, 0.2) is 8.32 Å². The van der Waals surface area contributed by atoms with Crippen molar-refractivity contribution in [2.45, 2.75) is 123 Å². The summed E-state index contributed by atoms with van der Waals surface area (Å²) in [6.07, 6.45) is 7.01. The molecule has 0 amide bonds. The van der Waals surface area contributed by atoms with E-state index in [9.17, 15) is 5.11 Å². The lowest BCUT2D eigenvalue weighted by Gasteiger charge is -2.45. The Morgan fingerprint density at radius 3 is 2.38 bits per heavy atom. The van der Waals surface area contributed by atoms with Crippen molar-refractivity contribution in [3.63, 3.8) is 0 Å². The van der Waals surface area contributed by atoms with Crippen LogP contribution in [-0.2, 0) is 17.3 Å². The minimum atomic E-state index is -2.08. The number of nitrogens with zero attached hydrogens (tertiary/aromatic N) is 2. The van der Waals surface area contributed by atoms with E-state index >= 15 is 0 Å². The SMILES string of the molecule is CC(C)c1nc2c(c(C3=CCCC3)c1[C@H](O)c1ccc(CC#N)cc1)[C@@H](O[Si](C)(C)C(C)(C)C)CC(C)(C)C2. The predicted molar refractivity (Wildman–Crippen MR) is 163 cm³/mol. The number of fused-ring (bicyclic) bond motifs is 1. The van der Waals surface area contributed by atoms with E-state index in [1.165, 1.54) is 16.7 Å². The largest absolute Gasteiger partial charge is 0.410 e. The summed E-state index contributed by atoms with van der Waals surface area (Å²) in [4.78, 5) is 5.38. The van der Waals surface area contributed by atoms with Crippen LogP contribution in [0.3, 0.4) is 0 Å². The molecule has 2 aromatic rings. The van der Waals surface area contributed by atoms with Crippen LogP contribution in [-0.4, -0.2) is 18.4 Å². The molecule has 0 bridgehead atoms. The summed E-state index contributed by atoms with van der Waals surface area (Å²) in [7, 11) is -2.08. The molecule has 0 spiro atoms. The molecule has 2 aliphatic rings. The summed E-state index contributed by atoms with van der Waals surface area (Å²) in [5.74, 6) is 0.170. The van der Waals surface area contributed by atoms with Crippen molar-refractivity contribution in [2.75, 3.05) is 0 Å². The average molecular weight is 545 g/mol. The Balaban J connectivity index is 1.98. The molecule has 0 saturated carbocycles. The van der Waals surface area contributed by atoms with Crippen LogP contribution >= 0.6 is 0 Å². The molecular formula is C34H48N2O2Si. The highest BCUT2D eigenvalue weighted by molar-refractivity contribution is 6.74. The second kappa shape index (κ2) is 11.0. The molecule has 0 saturated heterocycles. The first kappa shape index (κ1) is 29.7. The summed E-state index contributed by atoms with van der Waals surface area (Å²) >= 11 is 0. The first-order valence-electron chi connectivity index (χ1n) is 14.7. The fourth-order valence-corrected chi connectivity index (χ4v) is 7.23. The summed E-state index contributed by atoms with van der Waals surface area (Å²) in [6.45, 7) is 20.7. The van der Waals surface area contributed by atoms with Gasteiger partial charge in [-0.2, -0.15) is 5.26 Å². The predicted octanol–water partition coefficient (Wildman–Crippen LogP) is 8.96. The minimum absolute atomic E-state index is 0.0428. The van der Waals surface area contributed by atoms with E-state index in [0.29, 0.717) is 6.42 Å². The Labute approximate surface area is 237 Å². The van der Waals surface area contributed by atoms with Gasteiger partial charge >= 0.3 is 0 Å². The molecule has 0 radical (unpaired) electrons. The van der Waals surface area contributed by atoms with Gasteiger partial charge in [0.1, 0.15) is 6.10 Å². The van der Waals surface area contributed by atoms with E-state index in [4.69, 9.17) is 14.7 Å². The van der Waals surface area contributed by atoms with E-state index < -0.39 is 14.4 Å². The number of aliphatic hydroxyl groups is 1. The topological polar surface area (TPSA) is 66.1 Å². The molecule has 4 nitrogen and oxygen atoms in total. The molecule has 0 fully saturated rings. The quantitative estimate of drug-likeness (QED) is 0.353. The fraction of sp³-hybridized carbons (Fsp3) is 0.588. The van der Waals surface area contributed by atoms with Gasteiger partial charge in [-0.05, 0) is 83.8 Å². The van der Waals surface area contributed by atoms with Crippen LogP contribution in [0.25, 0.3) is 5.57 Å². The Kier molecular flexibility index (Phi) is 8.35. The molecule has 1 N–H and O–H groups in total. The van der Waals surface area contributed by atoms with Gasteiger partial charge in [0, 0.05) is 22.5 Å². The maximum atomic E-state index is 12.1. The van der Waals surface area contributed by atoms with Gasteiger partial charge in [-0.1, -0.05) is 78.8 Å². The van der Waals surface area contributed by atoms with Crippen LogP contribution in [0.4, 0.5) is 0 Å². The van der Waals surface area contributed by atoms with E-state index in [0.717, 1.165) is 60.2 Å². The van der Waals surface area contributed by atoms with Crippen LogP contribution in [0.5, 0.6) is 0 Å². The van der Waals surface area contributed by atoms with Crippen LogP contribution < -0.4 is 0 Å². The van der Waals surface area contributed by atoms with Crippen molar-refractivity contribution in [1.82, 2.24) is 4.98 Å². The number of allylic oxidation sites excluding steroid dienone is 2. The van der Waals surface area contributed by atoms with Crippen molar-refractivity contribution < 1.29 is 9.53 Å². The van der Waals surface area contributed by atoms with Gasteiger partial charge in [-0.15, -0.1) is 0 Å². The molecule has 210 valence electrons. The molecule has 1 aromatic carbocycles. The summed E-state index contributed by atoms with van der Waals surface area (Å²) in [5.41, 5.74) is 8.77. The average Bonchev–Trinajstić information content (AvgIpc) is 3.36. The van der Waals surface area contributed by atoms with E-state index in [1.807, 2.05) is 24.3 Å². The Morgan fingerprint density at radius 2 is 1.85 bits per heavy atom. The van der Waals surface area contributed by atoms with Crippen molar-refractivity contribution in [3.05, 3.63) is 69.5 Å². The highest BCUT2D eigenvalue weighted by atomic mass is 28.4. The van der Waals surface area contributed by atoms with E-state index in [2.05, 4.69) is 73.7 Å². The molecule has 2 aliphatic carbocycles. The van der Waals surface area contributed by atoms with Crippen molar-refractivity contribution in [3.8, 4) is 6.07 Å². The number of aromatic nitrogens is 1. The van der Waals surface area contributed by atoms with E-state index in [1.54, 1.807) is 0 Å².